The number of rotatable bonds is 4. The number of fused-ring (bicyclic) bond motifs is 3. The molecule has 0 N–H and O–H groups in total. The Bertz CT molecular complexity index is 1140. The zero-order valence-corrected chi connectivity index (χ0v) is 15.8. The van der Waals surface area contributed by atoms with Gasteiger partial charge in [0.1, 0.15) is 11.5 Å². The van der Waals surface area contributed by atoms with Gasteiger partial charge < -0.3 is 4.42 Å². The Labute approximate surface area is 171 Å². The van der Waals surface area contributed by atoms with Gasteiger partial charge in [0, 0.05) is 17.7 Å². The predicted octanol–water partition coefficient (Wildman–Crippen LogP) is 3.39. The first-order chi connectivity index (χ1) is 14.5. The lowest BCUT2D eigenvalue weighted by molar-refractivity contribution is -0.384. The van der Waals surface area contributed by atoms with Gasteiger partial charge in [0.2, 0.25) is 0 Å². The molecule has 2 saturated carbocycles. The van der Waals surface area contributed by atoms with Gasteiger partial charge in [0.25, 0.3) is 17.5 Å². The smallest absolute Gasteiger partial charge is 0.270 e. The minimum absolute atomic E-state index is 0.0319. The number of carbonyl (C=O) groups excluding carboxylic acids is 2. The fourth-order valence-corrected chi connectivity index (χ4v) is 5.64. The molecule has 8 nitrogen and oxygen atoms in total. The lowest BCUT2D eigenvalue weighted by atomic mass is 9.85. The molecule has 3 aliphatic carbocycles. The SMILES string of the molecule is O=C1C2C(C(=O)N1N=Cc1ccc(-c3cccc([N+](=O)[O-])c3)o1)C1C=CC2C12CC2. The molecule has 1 aromatic carbocycles. The summed E-state index contributed by atoms with van der Waals surface area (Å²) in [5.74, 6) is 0.0856. The highest BCUT2D eigenvalue weighted by atomic mass is 16.6. The van der Waals surface area contributed by atoms with Crippen LogP contribution in [0.1, 0.15) is 18.6 Å². The van der Waals surface area contributed by atoms with Gasteiger partial charge in [-0.3, -0.25) is 19.7 Å². The quantitative estimate of drug-likeness (QED) is 0.256. The van der Waals surface area contributed by atoms with E-state index in [4.69, 9.17) is 4.42 Å². The molecule has 4 unspecified atom stereocenters. The summed E-state index contributed by atoms with van der Waals surface area (Å²) in [4.78, 5) is 36.3. The first-order valence-corrected chi connectivity index (χ1v) is 9.94. The van der Waals surface area contributed by atoms with Gasteiger partial charge >= 0.3 is 0 Å². The van der Waals surface area contributed by atoms with E-state index in [9.17, 15) is 19.7 Å². The number of nitro benzene ring substituents is 1. The number of hydrogen-bond donors (Lipinski definition) is 0. The number of furan rings is 1. The first-order valence-electron chi connectivity index (χ1n) is 9.94. The van der Waals surface area contributed by atoms with E-state index in [1.807, 2.05) is 0 Å². The molecule has 1 spiro atoms. The van der Waals surface area contributed by atoms with Crippen molar-refractivity contribution < 1.29 is 18.9 Å². The summed E-state index contributed by atoms with van der Waals surface area (Å²) in [6.45, 7) is 0. The summed E-state index contributed by atoms with van der Waals surface area (Å²) >= 11 is 0. The largest absolute Gasteiger partial charge is 0.455 e. The van der Waals surface area contributed by atoms with E-state index in [1.54, 1.807) is 24.3 Å². The molecule has 2 amide bonds. The second kappa shape index (κ2) is 5.75. The summed E-state index contributed by atoms with van der Waals surface area (Å²) in [5.41, 5.74) is 0.685. The third-order valence-corrected chi connectivity index (χ3v) is 7.10. The van der Waals surface area contributed by atoms with Crippen LogP contribution >= 0.6 is 0 Å². The van der Waals surface area contributed by atoms with Crippen LogP contribution in [0.3, 0.4) is 0 Å². The van der Waals surface area contributed by atoms with E-state index in [1.165, 1.54) is 18.3 Å². The zero-order chi connectivity index (χ0) is 20.6. The van der Waals surface area contributed by atoms with Gasteiger partial charge in [0.15, 0.2) is 0 Å². The second-order valence-electron chi connectivity index (χ2n) is 8.46. The molecule has 0 radical (unpaired) electrons. The number of amides is 2. The molecule has 2 heterocycles. The number of hydrogen-bond acceptors (Lipinski definition) is 6. The molecule has 3 fully saturated rings. The second-order valence-corrected chi connectivity index (χ2v) is 8.46. The fourth-order valence-electron chi connectivity index (χ4n) is 5.64. The van der Waals surface area contributed by atoms with Crippen molar-refractivity contribution >= 4 is 23.7 Å². The summed E-state index contributed by atoms with van der Waals surface area (Å²) in [5, 5.41) is 16.1. The van der Waals surface area contributed by atoms with Crippen LogP contribution in [0.4, 0.5) is 5.69 Å². The van der Waals surface area contributed by atoms with Crippen LogP contribution in [0.15, 0.2) is 58.1 Å². The van der Waals surface area contributed by atoms with Crippen molar-refractivity contribution in [1.82, 2.24) is 5.01 Å². The van der Waals surface area contributed by atoms with Crippen LogP contribution in [0.25, 0.3) is 11.3 Å². The molecular weight excluding hydrogens is 386 g/mol. The van der Waals surface area contributed by atoms with Gasteiger partial charge in [-0.25, -0.2) is 0 Å². The molecule has 2 aromatic rings. The summed E-state index contributed by atoms with van der Waals surface area (Å²) in [6, 6.07) is 9.43. The maximum atomic E-state index is 12.9. The molecular formula is C22H17N3O5. The lowest BCUT2D eigenvalue weighted by Crippen LogP contribution is -2.30. The molecule has 30 heavy (non-hydrogen) atoms. The van der Waals surface area contributed by atoms with E-state index in [2.05, 4.69) is 17.3 Å². The topological polar surface area (TPSA) is 106 Å². The maximum Gasteiger partial charge on any atom is 0.270 e. The monoisotopic (exact) mass is 403 g/mol. The molecule has 4 atom stereocenters. The van der Waals surface area contributed by atoms with Crippen LogP contribution in [0.2, 0.25) is 0 Å². The molecule has 1 saturated heterocycles. The van der Waals surface area contributed by atoms with Crippen LogP contribution in [0.5, 0.6) is 0 Å². The van der Waals surface area contributed by atoms with Gasteiger partial charge in [-0.05, 0) is 42.2 Å². The Hall–Kier alpha value is -3.55. The number of allylic oxidation sites excluding steroid dienone is 2. The average molecular weight is 403 g/mol. The number of non-ortho nitro benzene ring substituents is 1. The fraction of sp³-hybridized carbons (Fsp3) is 0.318. The van der Waals surface area contributed by atoms with Crippen molar-refractivity contribution in [3.05, 3.63) is 64.4 Å². The van der Waals surface area contributed by atoms with Crippen LogP contribution in [-0.4, -0.2) is 28.0 Å². The Balaban J connectivity index is 1.23. The normalized spacial score (nSPS) is 30.1. The van der Waals surface area contributed by atoms with E-state index < -0.39 is 4.92 Å². The molecule has 1 aliphatic heterocycles. The van der Waals surface area contributed by atoms with Crippen LogP contribution in [-0.2, 0) is 9.59 Å². The number of imide groups is 1. The van der Waals surface area contributed by atoms with Crippen LogP contribution in [0, 0.1) is 39.2 Å². The van der Waals surface area contributed by atoms with Gasteiger partial charge in [-0.15, -0.1) is 0 Å². The standard InChI is InChI=1S/C22H17N3O5/c26-20-18-15-5-6-16(22(15)8-9-22)19(18)21(27)24(20)23-11-14-4-7-17(30-14)12-2-1-3-13(10-12)25(28)29/h1-7,10-11,15-16,18-19H,8-9H2. The number of carbonyl (C=O) groups is 2. The Morgan fingerprint density at radius 2 is 1.80 bits per heavy atom. The highest BCUT2D eigenvalue weighted by Gasteiger charge is 2.73. The lowest BCUT2D eigenvalue weighted by Gasteiger charge is -2.18. The molecule has 6 rings (SSSR count). The van der Waals surface area contributed by atoms with Gasteiger partial charge in [0.05, 0.1) is 23.0 Å². The van der Waals surface area contributed by atoms with E-state index in [0.29, 0.717) is 17.1 Å². The van der Waals surface area contributed by atoms with Crippen LogP contribution < -0.4 is 0 Å². The number of benzene rings is 1. The third kappa shape index (κ3) is 2.18. The minimum atomic E-state index is -0.468. The van der Waals surface area contributed by atoms with Gasteiger partial charge in [-0.1, -0.05) is 24.3 Å². The van der Waals surface area contributed by atoms with E-state index in [-0.39, 0.29) is 46.6 Å². The minimum Gasteiger partial charge on any atom is -0.455 e. The van der Waals surface area contributed by atoms with E-state index >= 15 is 0 Å². The molecule has 2 bridgehead atoms. The number of hydrazone groups is 1. The Kier molecular flexibility index (Phi) is 3.32. The molecule has 4 aliphatic rings. The maximum absolute atomic E-state index is 12.9. The first kappa shape index (κ1) is 17.3. The predicted molar refractivity (Wildman–Crippen MR) is 105 cm³/mol. The van der Waals surface area contributed by atoms with Gasteiger partial charge in [-0.2, -0.15) is 10.1 Å². The van der Waals surface area contributed by atoms with E-state index in [0.717, 1.165) is 17.9 Å². The summed E-state index contributed by atoms with van der Waals surface area (Å²) in [6.07, 6.45) is 7.78. The van der Waals surface area contributed by atoms with Crippen molar-refractivity contribution in [2.24, 2.45) is 34.2 Å². The number of nitrogens with zero attached hydrogens (tertiary/aromatic N) is 3. The Morgan fingerprint density at radius 1 is 1.10 bits per heavy atom. The van der Waals surface area contributed by atoms with Crippen molar-refractivity contribution in [2.45, 2.75) is 12.8 Å². The molecule has 8 heteroatoms. The van der Waals surface area contributed by atoms with Crippen molar-refractivity contribution in [3.8, 4) is 11.3 Å². The van der Waals surface area contributed by atoms with Crippen molar-refractivity contribution in [3.63, 3.8) is 0 Å². The summed E-state index contributed by atoms with van der Waals surface area (Å²) < 4.78 is 5.69. The number of nitro groups is 1. The molecule has 1 aromatic heterocycles. The molecule has 150 valence electrons. The Morgan fingerprint density at radius 3 is 2.43 bits per heavy atom. The third-order valence-electron chi connectivity index (χ3n) is 7.10. The average Bonchev–Trinajstić information content (AvgIpc) is 3.03. The van der Waals surface area contributed by atoms with Crippen molar-refractivity contribution in [2.75, 3.05) is 0 Å². The zero-order valence-electron chi connectivity index (χ0n) is 15.8. The summed E-state index contributed by atoms with van der Waals surface area (Å²) in [7, 11) is 0. The van der Waals surface area contributed by atoms with Crippen molar-refractivity contribution in [1.29, 1.82) is 0 Å². The highest BCUT2D eigenvalue weighted by Crippen LogP contribution is 2.73. The highest BCUT2D eigenvalue weighted by molar-refractivity contribution is 6.07.